The Morgan fingerprint density at radius 1 is 0.744 bits per heavy atom. The fourth-order valence-electron chi connectivity index (χ4n) is 4.39. The summed E-state index contributed by atoms with van der Waals surface area (Å²) in [6, 6.07) is 0. The minimum Gasteiger partial charge on any atom is -0.463 e. The molecule has 2 rings (SSSR count). The minimum atomic E-state index is -2.54. The Balaban J connectivity index is 2.79. The molecule has 2 aliphatic heterocycles. The zero-order chi connectivity index (χ0) is 29.7. The summed E-state index contributed by atoms with van der Waals surface area (Å²) in [6.07, 6.45) is -11.3. The summed E-state index contributed by atoms with van der Waals surface area (Å²) in [7, 11) is 0. The highest BCUT2D eigenvalue weighted by atomic mass is 79.9. The Kier molecular flexibility index (Phi) is 11.2. The van der Waals surface area contributed by atoms with Crippen LogP contribution in [0.15, 0.2) is 0 Å². The van der Waals surface area contributed by atoms with Gasteiger partial charge in [-0.3, -0.25) is 28.8 Å². The van der Waals surface area contributed by atoms with Crippen LogP contribution in [-0.4, -0.2) is 107 Å². The zero-order valence-electron chi connectivity index (χ0n) is 22.1. The number of hydrogen-bond acceptors (Lipinski definition) is 15. The molecule has 0 saturated carbocycles. The summed E-state index contributed by atoms with van der Waals surface area (Å²) in [4.78, 5) is 71.9. The largest absolute Gasteiger partial charge is 0.463 e. The Labute approximate surface area is 231 Å². The summed E-state index contributed by atoms with van der Waals surface area (Å²) in [6.45, 7) is 5.27. The second-order valence-electron chi connectivity index (χ2n) is 8.82. The fraction of sp³-hybridized carbons (Fsp3) is 0.739. The van der Waals surface area contributed by atoms with Crippen LogP contribution in [0.4, 0.5) is 0 Å². The van der Waals surface area contributed by atoms with Crippen LogP contribution in [0.25, 0.3) is 0 Å². The third kappa shape index (κ3) is 8.09. The molecule has 0 bridgehead atoms. The standard InChI is InChI=1S/C23H31BrO15/c1-9(25)32-7-15-17(35-11(3)27)18(36-12(4)28)19(37-13(5)29)20(39-15)23(31)16(34-10(2)26)8-33-22(24)21(23)38-14(6)30/h15-22,31H,7-8H2,1-6H3/t15-,16-,17+,18+,19-,20-,21-,22-,23+/m1/s1. The molecule has 0 amide bonds. The molecule has 0 aromatic carbocycles. The maximum atomic E-state index is 12.2. The summed E-state index contributed by atoms with van der Waals surface area (Å²) in [5.41, 5.74) is -2.54. The maximum absolute atomic E-state index is 12.2. The molecule has 16 heteroatoms. The van der Waals surface area contributed by atoms with E-state index in [0.29, 0.717) is 0 Å². The monoisotopic (exact) mass is 626 g/mol. The summed E-state index contributed by atoms with van der Waals surface area (Å²) in [5, 5.41) is 11.1. The van der Waals surface area contributed by atoms with Crippen LogP contribution in [0, 0.1) is 0 Å². The Bertz CT molecular complexity index is 969. The van der Waals surface area contributed by atoms with Crippen LogP contribution >= 0.6 is 15.9 Å². The average Bonchev–Trinajstić information content (AvgIpc) is 2.78. The molecule has 9 atom stereocenters. The lowest BCUT2D eigenvalue weighted by Crippen LogP contribution is -2.76. The highest BCUT2D eigenvalue weighted by molar-refractivity contribution is 9.09. The van der Waals surface area contributed by atoms with Crippen molar-refractivity contribution in [2.75, 3.05) is 13.2 Å². The first-order valence-electron chi connectivity index (χ1n) is 11.7. The van der Waals surface area contributed by atoms with Gasteiger partial charge in [0.1, 0.15) is 18.8 Å². The topological polar surface area (TPSA) is 196 Å². The molecule has 15 nitrogen and oxygen atoms in total. The van der Waals surface area contributed by atoms with E-state index in [0.717, 1.165) is 41.5 Å². The van der Waals surface area contributed by atoms with Gasteiger partial charge in [0, 0.05) is 41.5 Å². The molecule has 0 aromatic rings. The predicted octanol–water partition coefficient (Wildman–Crippen LogP) is -0.542. The maximum Gasteiger partial charge on any atom is 0.303 e. The van der Waals surface area contributed by atoms with Gasteiger partial charge in [-0.25, -0.2) is 0 Å². The van der Waals surface area contributed by atoms with E-state index < -0.39 is 102 Å². The summed E-state index contributed by atoms with van der Waals surface area (Å²) in [5.74, 6) is -5.16. The van der Waals surface area contributed by atoms with Crippen molar-refractivity contribution in [2.24, 2.45) is 0 Å². The van der Waals surface area contributed by atoms with Gasteiger partial charge in [0.2, 0.25) is 0 Å². The number of carbonyl (C=O) groups is 6. The Hall–Kier alpha value is -2.82. The average molecular weight is 627 g/mol. The van der Waals surface area contributed by atoms with E-state index in [4.69, 9.17) is 37.9 Å². The van der Waals surface area contributed by atoms with Crippen molar-refractivity contribution in [1.82, 2.24) is 0 Å². The van der Waals surface area contributed by atoms with Gasteiger partial charge in [-0.05, 0) is 0 Å². The van der Waals surface area contributed by atoms with Crippen molar-refractivity contribution in [3.63, 3.8) is 0 Å². The molecule has 1 N–H and O–H groups in total. The third-order valence-corrected chi connectivity index (χ3v) is 6.41. The molecule has 0 radical (unpaired) electrons. The SMILES string of the molecule is CC(=O)OC[C@H]1O[C@@H]([C@]2(O)[C@H](OC(C)=O)[C@H](Br)OC[C@H]2OC(C)=O)[C@H](OC(C)=O)[C@@H](OC(C)=O)[C@H]1OC(C)=O. The number of alkyl halides is 1. The Morgan fingerprint density at radius 2 is 1.23 bits per heavy atom. The zero-order valence-corrected chi connectivity index (χ0v) is 23.7. The van der Waals surface area contributed by atoms with Crippen LogP contribution in [0.3, 0.4) is 0 Å². The number of carbonyl (C=O) groups excluding carboxylic acids is 6. The number of rotatable bonds is 8. The van der Waals surface area contributed by atoms with Gasteiger partial charge >= 0.3 is 35.8 Å². The molecule has 2 aliphatic rings. The quantitative estimate of drug-likeness (QED) is 0.204. The van der Waals surface area contributed by atoms with Gasteiger partial charge in [0.15, 0.2) is 41.1 Å². The Morgan fingerprint density at radius 3 is 1.72 bits per heavy atom. The van der Waals surface area contributed by atoms with Crippen molar-refractivity contribution < 1.29 is 71.8 Å². The van der Waals surface area contributed by atoms with Crippen LogP contribution < -0.4 is 0 Å². The molecule has 39 heavy (non-hydrogen) atoms. The van der Waals surface area contributed by atoms with E-state index in [1.54, 1.807) is 0 Å². The van der Waals surface area contributed by atoms with Gasteiger partial charge < -0.3 is 43.0 Å². The molecule has 220 valence electrons. The fourth-order valence-corrected chi connectivity index (χ4v) is 5.08. The third-order valence-electron chi connectivity index (χ3n) is 5.66. The molecular formula is C23H31BrO15. The smallest absolute Gasteiger partial charge is 0.303 e. The van der Waals surface area contributed by atoms with Crippen molar-refractivity contribution in [3.8, 4) is 0 Å². The lowest BCUT2D eigenvalue weighted by Gasteiger charge is -2.54. The van der Waals surface area contributed by atoms with E-state index in [9.17, 15) is 33.9 Å². The van der Waals surface area contributed by atoms with E-state index in [1.165, 1.54) is 0 Å². The highest BCUT2D eigenvalue weighted by Gasteiger charge is 2.67. The van der Waals surface area contributed by atoms with Gasteiger partial charge in [-0.15, -0.1) is 0 Å². The first-order chi connectivity index (χ1) is 18.1. The first kappa shape index (κ1) is 32.4. The number of esters is 6. The van der Waals surface area contributed by atoms with Crippen LogP contribution in [0.5, 0.6) is 0 Å². The molecule has 2 fully saturated rings. The second kappa shape index (κ2) is 13.5. The number of hydrogen-bond donors (Lipinski definition) is 1. The number of halogens is 1. The van der Waals surface area contributed by atoms with Crippen LogP contribution in [-0.2, 0) is 66.7 Å². The van der Waals surface area contributed by atoms with Gasteiger partial charge in [-0.2, -0.15) is 0 Å². The van der Waals surface area contributed by atoms with Crippen molar-refractivity contribution in [1.29, 1.82) is 0 Å². The number of aliphatic hydroxyl groups is 1. The van der Waals surface area contributed by atoms with E-state index >= 15 is 0 Å². The van der Waals surface area contributed by atoms with Crippen molar-refractivity contribution >= 4 is 51.7 Å². The van der Waals surface area contributed by atoms with E-state index in [-0.39, 0.29) is 0 Å². The van der Waals surface area contributed by atoms with Crippen LogP contribution in [0.2, 0.25) is 0 Å². The predicted molar refractivity (Wildman–Crippen MR) is 127 cm³/mol. The lowest BCUT2D eigenvalue weighted by molar-refractivity contribution is -0.327. The molecule has 2 heterocycles. The summed E-state index contributed by atoms with van der Waals surface area (Å²) >= 11 is 3.17. The molecule has 0 spiro atoms. The molecule has 0 aliphatic carbocycles. The minimum absolute atomic E-state index is 0.448. The lowest BCUT2D eigenvalue weighted by atomic mass is 9.76. The first-order valence-corrected chi connectivity index (χ1v) is 12.6. The highest BCUT2D eigenvalue weighted by Crippen LogP contribution is 2.43. The van der Waals surface area contributed by atoms with E-state index in [2.05, 4.69) is 15.9 Å². The van der Waals surface area contributed by atoms with Crippen LogP contribution in [0.1, 0.15) is 41.5 Å². The molecule has 2 saturated heterocycles. The van der Waals surface area contributed by atoms with E-state index in [1.807, 2.05) is 0 Å². The molecule has 0 unspecified atom stereocenters. The molecular weight excluding hydrogens is 596 g/mol. The molecule has 0 aromatic heterocycles. The van der Waals surface area contributed by atoms with Crippen molar-refractivity contribution in [2.45, 2.75) is 94.9 Å². The number of ether oxygens (including phenoxy) is 8. The van der Waals surface area contributed by atoms with Crippen molar-refractivity contribution in [3.05, 3.63) is 0 Å². The van der Waals surface area contributed by atoms with Gasteiger partial charge in [0.05, 0.1) is 6.61 Å². The second-order valence-corrected chi connectivity index (χ2v) is 9.72. The summed E-state index contributed by atoms with van der Waals surface area (Å²) < 4.78 is 43.4. The van der Waals surface area contributed by atoms with Gasteiger partial charge in [0.25, 0.3) is 0 Å². The normalized spacial score (nSPS) is 34.2. The van der Waals surface area contributed by atoms with Gasteiger partial charge in [-0.1, -0.05) is 15.9 Å².